The molecule has 0 bridgehead atoms. The summed E-state index contributed by atoms with van der Waals surface area (Å²) in [5, 5.41) is 0. The third-order valence-electron chi connectivity index (χ3n) is 0. The normalized spacial score (nSPS) is 4.83. The molecule has 0 aliphatic rings. The summed E-state index contributed by atoms with van der Waals surface area (Å²) < 4.78 is 34.1. The standard InChI is InChI=1S/3K.3Na.H2O4S.H2O.3H/c;;;;;;1-5(2,3)4;;;;/h;;;;;;(H2,1,2,3,4);1H2;;;/q3*+1;;;;;;;;/p-3. The van der Waals surface area contributed by atoms with Crippen LogP contribution in [0.25, 0.3) is 0 Å². The van der Waals surface area contributed by atoms with Crippen molar-refractivity contribution < 1.29 is 177 Å². The van der Waals surface area contributed by atoms with Crippen LogP contribution in [0.4, 0.5) is 0 Å². The minimum Gasteiger partial charge on any atom is -0.870 e. The molecular weight excluding hydrogens is 298 g/mol. The Morgan fingerprint density at radius 1 is 0.750 bits per heavy atom. The van der Waals surface area contributed by atoms with E-state index in [-0.39, 0.29) is 248 Å². The summed E-state index contributed by atoms with van der Waals surface area (Å²) in [5.41, 5.74) is 0. The van der Waals surface area contributed by atoms with E-state index in [2.05, 4.69) is 0 Å². The molecule has 0 fully saturated rings. The number of rotatable bonds is 0. The molecule has 0 aromatic heterocycles. The molecule has 0 atom stereocenters. The Kier molecular flexibility index (Phi) is 131. The molecule has 0 aliphatic carbocycles. The van der Waals surface area contributed by atoms with Gasteiger partial charge >= 0.3 is 243 Å². The zero-order valence-corrected chi connectivity index (χ0v) is 15.7. The van der Waals surface area contributed by atoms with E-state index < -0.39 is 10.4 Å². The van der Waals surface area contributed by atoms with Crippen LogP contribution in [0, 0.1) is 0 Å². The van der Waals surface area contributed by atoms with Crippen LogP contribution >= 0.6 is 0 Å². The SMILES string of the molecule is O=S(=O)([O-])[O-].[K+].[K+].[K+].[NaH].[NaH].[NaH].[OH-]. The summed E-state index contributed by atoms with van der Waals surface area (Å²) in [7, 11) is -5.17. The largest absolute Gasteiger partial charge is 0.870 e. The van der Waals surface area contributed by atoms with Crippen molar-refractivity contribution >= 4 is 99.1 Å². The maximum absolute atomic E-state index is 8.52. The second-order valence-electron chi connectivity index (χ2n) is 0.408. The Balaban J connectivity index is -0.00000000381. The molecule has 0 saturated carbocycles. The van der Waals surface area contributed by atoms with Crippen LogP contribution in [0.2, 0.25) is 0 Å². The van der Waals surface area contributed by atoms with Gasteiger partial charge in [0.1, 0.15) is 0 Å². The van der Waals surface area contributed by atoms with Crippen LogP contribution in [0.1, 0.15) is 0 Å². The molecule has 0 aliphatic heterocycles. The van der Waals surface area contributed by atoms with Gasteiger partial charge in [-0.25, -0.2) is 0 Å². The molecule has 0 unspecified atom stereocenters. The topological polar surface area (TPSA) is 110 Å². The predicted octanol–water partition coefficient (Wildman–Crippen LogP) is -12.4. The van der Waals surface area contributed by atoms with Gasteiger partial charge in [0.15, 0.2) is 0 Å². The average Bonchev–Trinajstić information content (AvgIpc) is 0.722. The van der Waals surface area contributed by atoms with E-state index in [1.54, 1.807) is 0 Å². The third-order valence-corrected chi connectivity index (χ3v) is 0. The van der Waals surface area contributed by atoms with Crippen molar-refractivity contribution in [3.63, 3.8) is 0 Å². The zero-order chi connectivity index (χ0) is 4.50. The summed E-state index contributed by atoms with van der Waals surface area (Å²) in [6.07, 6.45) is 0. The Bertz CT molecular complexity index is 105. The van der Waals surface area contributed by atoms with E-state index in [9.17, 15) is 0 Å². The third kappa shape index (κ3) is 83.0. The summed E-state index contributed by atoms with van der Waals surface area (Å²) in [5.74, 6) is 0. The van der Waals surface area contributed by atoms with Crippen molar-refractivity contribution in [1.82, 2.24) is 0 Å². The van der Waals surface area contributed by atoms with Gasteiger partial charge in [-0.3, -0.25) is 8.42 Å². The molecule has 0 heterocycles. The molecule has 0 radical (unpaired) electrons. The van der Waals surface area contributed by atoms with E-state index in [4.69, 9.17) is 17.5 Å². The Morgan fingerprint density at radius 2 is 0.750 bits per heavy atom. The van der Waals surface area contributed by atoms with Gasteiger partial charge in [0.05, 0.1) is 0 Å². The first-order valence-electron chi connectivity index (χ1n) is 0.667. The first kappa shape index (κ1) is 50.3. The minimum atomic E-state index is -5.17. The second kappa shape index (κ2) is 31.2. The van der Waals surface area contributed by atoms with Gasteiger partial charge in [0.2, 0.25) is 0 Å². The van der Waals surface area contributed by atoms with Crippen LogP contribution < -0.4 is 154 Å². The summed E-state index contributed by atoms with van der Waals surface area (Å²) in [6, 6.07) is 0. The van der Waals surface area contributed by atoms with Gasteiger partial charge in [0.25, 0.3) is 0 Å². The Hall–Kier alpha value is 7.74. The molecule has 0 aromatic carbocycles. The van der Waals surface area contributed by atoms with Crippen molar-refractivity contribution in [2.75, 3.05) is 0 Å². The Labute approximate surface area is 266 Å². The van der Waals surface area contributed by atoms with Gasteiger partial charge in [-0.05, 0) is 0 Å². The fraction of sp³-hybridized carbons (Fsp3) is 0. The first-order valence-corrected chi connectivity index (χ1v) is 2.00. The molecule has 46 valence electrons. The molecule has 0 saturated heterocycles. The van der Waals surface area contributed by atoms with E-state index >= 15 is 0 Å². The quantitative estimate of drug-likeness (QED) is 0.251. The molecule has 1 N–H and O–H groups in total. The van der Waals surface area contributed by atoms with Gasteiger partial charge in [0, 0.05) is 10.4 Å². The number of hydrogen-bond donors (Lipinski definition) is 0. The van der Waals surface area contributed by atoms with Crippen molar-refractivity contribution in [2.45, 2.75) is 0 Å². The van der Waals surface area contributed by atoms with Crippen LogP contribution in [0.5, 0.6) is 0 Å². The minimum absolute atomic E-state index is 0. The number of hydrogen-bond acceptors (Lipinski definition) is 5. The van der Waals surface area contributed by atoms with Crippen LogP contribution in [0.3, 0.4) is 0 Å². The van der Waals surface area contributed by atoms with E-state index in [1.807, 2.05) is 0 Å². The molecule has 0 aromatic rings. The van der Waals surface area contributed by atoms with Crippen LogP contribution in [-0.2, 0) is 10.4 Å². The summed E-state index contributed by atoms with van der Waals surface area (Å²) >= 11 is 0. The van der Waals surface area contributed by atoms with Gasteiger partial charge in [-0.15, -0.1) is 0 Å². The smallest absolute Gasteiger partial charge is 0.870 e. The molecule has 12 heavy (non-hydrogen) atoms. The van der Waals surface area contributed by atoms with Crippen molar-refractivity contribution in [2.24, 2.45) is 0 Å². The van der Waals surface area contributed by atoms with Gasteiger partial charge < -0.3 is 14.6 Å². The van der Waals surface area contributed by atoms with E-state index in [0.29, 0.717) is 0 Å². The van der Waals surface area contributed by atoms with Crippen molar-refractivity contribution in [1.29, 1.82) is 0 Å². The van der Waals surface area contributed by atoms with E-state index in [0.717, 1.165) is 0 Å². The fourth-order valence-electron chi connectivity index (χ4n) is 0. The molecule has 5 nitrogen and oxygen atoms in total. The molecular formula is H4K3Na3O5S. The van der Waals surface area contributed by atoms with Crippen LogP contribution in [0.15, 0.2) is 0 Å². The Morgan fingerprint density at radius 3 is 0.750 bits per heavy atom. The van der Waals surface area contributed by atoms with Crippen molar-refractivity contribution in [3.05, 3.63) is 0 Å². The van der Waals surface area contributed by atoms with Gasteiger partial charge in [-0.2, -0.15) is 0 Å². The zero-order valence-electron chi connectivity index (χ0n) is 5.49. The maximum atomic E-state index is 8.52. The van der Waals surface area contributed by atoms with Gasteiger partial charge in [-0.1, -0.05) is 0 Å². The molecule has 0 rings (SSSR count). The maximum Gasteiger partial charge on any atom is -0.870 e. The second-order valence-corrected chi connectivity index (χ2v) is 1.22. The van der Waals surface area contributed by atoms with Crippen LogP contribution in [-0.4, -0.2) is 112 Å². The van der Waals surface area contributed by atoms with Crippen molar-refractivity contribution in [3.8, 4) is 0 Å². The molecule has 0 spiro atoms. The fourth-order valence-corrected chi connectivity index (χ4v) is 0. The summed E-state index contributed by atoms with van der Waals surface area (Å²) in [6.45, 7) is 0. The molecule has 12 heteroatoms. The predicted molar refractivity (Wildman–Crippen MR) is 33.9 cm³/mol. The summed E-state index contributed by atoms with van der Waals surface area (Å²) in [4.78, 5) is 0. The monoisotopic (exact) mass is 302 g/mol. The average molecular weight is 302 g/mol. The first-order chi connectivity index (χ1) is 2.00. The van der Waals surface area contributed by atoms with E-state index in [1.165, 1.54) is 0 Å². The molecule has 0 amide bonds.